The molecule has 3 atom stereocenters. The molecule has 1 aliphatic heterocycles. The Kier molecular flexibility index (Phi) is 3.23. The highest BCUT2D eigenvalue weighted by Gasteiger charge is 2.23. The number of hydrogen-bond donors (Lipinski definition) is 1. The van der Waals surface area contributed by atoms with Crippen LogP contribution in [0.25, 0.3) is 0 Å². The zero-order chi connectivity index (χ0) is 9.10. The van der Waals surface area contributed by atoms with Gasteiger partial charge in [-0.05, 0) is 25.2 Å². The van der Waals surface area contributed by atoms with Crippen molar-refractivity contribution in [2.45, 2.75) is 51.1 Å². The molecule has 1 heterocycles. The summed E-state index contributed by atoms with van der Waals surface area (Å²) in [5.74, 6) is 0.925. The summed E-state index contributed by atoms with van der Waals surface area (Å²) in [5, 5.41) is 3.72. The second-order valence-corrected chi connectivity index (χ2v) is 4.70. The largest absolute Gasteiger partial charge is 0.380 e. The van der Waals surface area contributed by atoms with Crippen LogP contribution in [-0.2, 0) is 4.74 Å². The molecule has 0 aromatic heterocycles. The van der Waals surface area contributed by atoms with Crippen LogP contribution < -0.4 is 5.32 Å². The Morgan fingerprint density at radius 2 is 2.08 bits per heavy atom. The third kappa shape index (κ3) is 2.68. The summed E-state index contributed by atoms with van der Waals surface area (Å²) in [6.07, 6.45) is 6.80. The molecule has 2 nitrogen and oxygen atoms in total. The van der Waals surface area contributed by atoms with Crippen LogP contribution in [0, 0.1) is 5.92 Å². The summed E-state index contributed by atoms with van der Waals surface area (Å²) < 4.78 is 5.36. The average Bonchev–Trinajstić information content (AvgIpc) is 2.57. The lowest BCUT2D eigenvalue weighted by molar-refractivity contribution is 0.183. The van der Waals surface area contributed by atoms with Gasteiger partial charge in [0.25, 0.3) is 0 Å². The zero-order valence-corrected chi connectivity index (χ0v) is 8.59. The van der Waals surface area contributed by atoms with E-state index in [-0.39, 0.29) is 0 Å². The van der Waals surface area contributed by atoms with Crippen molar-refractivity contribution in [2.75, 3.05) is 13.2 Å². The van der Waals surface area contributed by atoms with E-state index in [1.165, 1.54) is 32.1 Å². The molecule has 0 aromatic rings. The Balaban J connectivity index is 1.73. The molecule has 0 bridgehead atoms. The van der Waals surface area contributed by atoms with Gasteiger partial charge in [-0.2, -0.15) is 0 Å². The number of hydrogen-bond acceptors (Lipinski definition) is 2. The van der Waals surface area contributed by atoms with E-state index in [0.717, 1.165) is 25.2 Å². The highest BCUT2D eigenvalue weighted by atomic mass is 16.5. The topological polar surface area (TPSA) is 21.3 Å². The van der Waals surface area contributed by atoms with E-state index in [1.54, 1.807) is 0 Å². The van der Waals surface area contributed by atoms with Crippen molar-refractivity contribution in [1.82, 2.24) is 5.32 Å². The fraction of sp³-hybridized carbons (Fsp3) is 1.00. The van der Waals surface area contributed by atoms with E-state index in [2.05, 4.69) is 12.2 Å². The molecule has 2 rings (SSSR count). The van der Waals surface area contributed by atoms with E-state index in [0.29, 0.717) is 6.04 Å². The number of nitrogens with one attached hydrogen (secondary N) is 1. The van der Waals surface area contributed by atoms with Gasteiger partial charge in [-0.3, -0.25) is 0 Å². The third-order valence-corrected chi connectivity index (χ3v) is 3.34. The molecule has 76 valence electrons. The van der Waals surface area contributed by atoms with Crippen LogP contribution in [0.1, 0.15) is 39.0 Å². The van der Waals surface area contributed by atoms with Gasteiger partial charge in [0.05, 0.1) is 6.61 Å². The van der Waals surface area contributed by atoms with Crippen molar-refractivity contribution >= 4 is 0 Å². The SMILES string of the molecule is C[C@@H]1CCC[C@H](N[C@H]2CCOC2)C1. The van der Waals surface area contributed by atoms with E-state index in [4.69, 9.17) is 4.74 Å². The van der Waals surface area contributed by atoms with Gasteiger partial charge in [-0.15, -0.1) is 0 Å². The van der Waals surface area contributed by atoms with Gasteiger partial charge in [0.15, 0.2) is 0 Å². The second-order valence-electron chi connectivity index (χ2n) is 4.70. The Bertz CT molecular complexity index is 154. The normalized spacial score (nSPS) is 40.8. The van der Waals surface area contributed by atoms with E-state index in [1.807, 2.05) is 0 Å². The minimum atomic E-state index is 0.648. The first-order valence-electron chi connectivity index (χ1n) is 5.68. The maximum absolute atomic E-state index is 5.36. The molecule has 0 unspecified atom stereocenters. The van der Waals surface area contributed by atoms with Gasteiger partial charge < -0.3 is 10.1 Å². The lowest BCUT2D eigenvalue weighted by Gasteiger charge is -2.29. The van der Waals surface area contributed by atoms with Crippen LogP contribution in [0.2, 0.25) is 0 Å². The lowest BCUT2D eigenvalue weighted by atomic mass is 9.87. The quantitative estimate of drug-likeness (QED) is 0.706. The Morgan fingerprint density at radius 3 is 2.77 bits per heavy atom. The summed E-state index contributed by atoms with van der Waals surface area (Å²) in [5.41, 5.74) is 0. The Hall–Kier alpha value is -0.0800. The van der Waals surface area contributed by atoms with Crippen LogP contribution in [0.3, 0.4) is 0 Å². The van der Waals surface area contributed by atoms with Crippen molar-refractivity contribution in [1.29, 1.82) is 0 Å². The van der Waals surface area contributed by atoms with Gasteiger partial charge in [-0.25, -0.2) is 0 Å². The molecular formula is C11H21NO. The maximum atomic E-state index is 5.36. The molecule has 0 spiro atoms. The summed E-state index contributed by atoms with van der Waals surface area (Å²) in [6.45, 7) is 4.27. The monoisotopic (exact) mass is 183 g/mol. The maximum Gasteiger partial charge on any atom is 0.0620 e. The van der Waals surface area contributed by atoms with Crippen molar-refractivity contribution in [3.63, 3.8) is 0 Å². The highest BCUT2D eigenvalue weighted by molar-refractivity contribution is 4.81. The first-order chi connectivity index (χ1) is 6.34. The fourth-order valence-electron chi connectivity index (χ4n) is 2.58. The first kappa shape index (κ1) is 9.47. The molecule has 1 saturated carbocycles. The van der Waals surface area contributed by atoms with Crippen molar-refractivity contribution in [2.24, 2.45) is 5.92 Å². The lowest BCUT2D eigenvalue weighted by Crippen LogP contribution is -2.41. The van der Waals surface area contributed by atoms with Crippen LogP contribution in [0.4, 0.5) is 0 Å². The summed E-state index contributed by atoms with van der Waals surface area (Å²) >= 11 is 0. The van der Waals surface area contributed by atoms with Gasteiger partial charge in [-0.1, -0.05) is 19.8 Å². The van der Waals surface area contributed by atoms with Crippen molar-refractivity contribution in [3.05, 3.63) is 0 Å². The van der Waals surface area contributed by atoms with Crippen LogP contribution in [0.15, 0.2) is 0 Å². The minimum absolute atomic E-state index is 0.648. The van der Waals surface area contributed by atoms with Gasteiger partial charge in [0.1, 0.15) is 0 Å². The molecule has 2 fully saturated rings. The molecule has 0 radical (unpaired) electrons. The van der Waals surface area contributed by atoms with E-state index < -0.39 is 0 Å². The minimum Gasteiger partial charge on any atom is -0.380 e. The first-order valence-corrected chi connectivity index (χ1v) is 5.68. The molecule has 13 heavy (non-hydrogen) atoms. The molecule has 1 aliphatic carbocycles. The van der Waals surface area contributed by atoms with Gasteiger partial charge >= 0.3 is 0 Å². The summed E-state index contributed by atoms with van der Waals surface area (Å²) in [6, 6.07) is 1.42. The molecule has 0 aromatic carbocycles. The van der Waals surface area contributed by atoms with Crippen LogP contribution in [0.5, 0.6) is 0 Å². The molecule has 1 saturated heterocycles. The number of rotatable bonds is 2. The fourth-order valence-corrected chi connectivity index (χ4v) is 2.58. The van der Waals surface area contributed by atoms with Crippen LogP contribution in [-0.4, -0.2) is 25.3 Å². The van der Waals surface area contributed by atoms with Gasteiger partial charge in [0, 0.05) is 18.7 Å². The molecule has 2 heteroatoms. The Morgan fingerprint density at radius 1 is 1.15 bits per heavy atom. The smallest absolute Gasteiger partial charge is 0.0620 e. The summed E-state index contributed by atoms with van der Waals surface area (Å²) in [7, 11) is 0. The Labute approximate surface area is 81.0 Å². The standard InChI is InChI=1S/C11H21NO/c1-9-3-2-4-10(7-9)12-11-5-6-13-8-11/h9-12H,2-8H2,1H3/t9-,10+,11+/m1/s1. The van der Waals surface area contributed by atoms with Crippen molar-refractivity contribution < 1.29 is 4.74 Å². The van der Waals surface area contributed by atoms with E-state index in [9.17, 15) is 0 Å². The van der Waals surface area contributed by atoms with Crippen LogP contribution >= 0.6 is 0 Å². The predicted molar refractivity (Wildman–Crippen MR) is 53.8 cm³/mol. The van der Waals surface area contributed by atoms with Gasteiger partial charge in [0.2, 0.25) is 0 Å². The average molecular weight is 183 g/mol. The molecule has 2 aliphatic rings. The predicted octanol–water partition coefficient (Wildman–Crippen LogP) is 1.94. The number of ether oxygens (including phenoxy) is 1. The molecular weight excluding hydrogens is 162 g/mol. The molecule has 1 N–H and O–H groups in total. The summed E-state index contributed by atoms with van der Waals surface area (Å²) in [4.78, 5) is 0. The molecule has 0 amide bonds. The van der Waals surface area contributed by atoms with E-state index >= 15 is 0 Å². The second kappa shape index (κ2) is 4.43. The zero-order valence-electron chi connectivity index (χ0n) is 8.59. The van der Waals surface area contributed by atoms with Crippen molar-refractivity contribution in [3.8, 4) is 0 Å². The highest BCUT2D eigenvalue weighted by Crippen LogP contribution is 2.24. The third-order valence-electron chi connectivity index (χ3n) is 3.34.